The van der Waals surface area contributed by atoms with E-state index in [1.807, 2.05) is 30.4 Å². The van der Waals surface area contributed by atoms with Crippen LogP contribution >= 0.6 is 0 Å². The second kappa shape index (κ2) is 2.46. The molecule has 0 N–H and O–H groups in total. The lowest BCUT2D eigenvalue weighted by molar-refractivity contribution is 0.740. The standard InChI is InChI=1S/C11H7N3/c12-6-8-4-5-11-13-9-2-1-3-10(9)14(11)7-8/h1-5H,7H2. The van der Waals surface area contributed by atoms with Crippen LogP contribution in [0.3, 0.4) is 0 Å². The molecule has 66 valence electrons. The monoisotopic (exact) mass is 181 g/mol. The van der Waals surface area contributed by atoms with Crippen LogP contribution in [0.15, 0.2) is 17.7 Å². The molecule has 0 atom stereocenters. The van der Waals surface area contributed by atoms with Crippen LogP contribution in [0.2, 0.25) is 0 Å². The van der Waals surface area contributed by atoms with Gasteiger partial charge in [0.1, 0.15) is 5.48 Å². The van der Waals surface area contributed by atoms with Gasteiger partial charge < -0.3 is 4.57 Å². The van der Waals surface area contributed by atoms with E-state index in [1.165, 1.54) is 0 Å². The Bertz CT molecular complexity index is 621. The van der Waals surface area contributed by atoms with Gasteiger partial charge in [-0.25, -0.2) is 4.98 Å². The number of fused-ring (bicyclic) bond motifs is 3. The van der Waals surface area contributed by atoms with Crippen LogP contribution in [0.25, 0.3) is 18.2 Å². The van der Waals surface area contributed by atoms with Crippen LogP contribution in [0, 0.1) is 11.3 Å². The zero-order chi connectivity index (χ0) is 9.54. The summed E-state index contributed by atoms with van der Waals surface area (Å²) in [5, 5.41) is 9.91. The van der Waals surface area contributed by atoms with Crippen LogP contribution in [0.4, 0.5) is 0 Å². The van der Waals surface area contributed by atoms with Gasteiger partial charge in [-0.3, -0.25) is 0 Å². The van der Waals surface area contributed by atoms with Crippen molar-refractivity contribution in [3.8, 4) is 6.07 Å². The van der Waals surface area contributed by atoms with Crippen LogP contribution in [0.5, 0.6) is 0 Å². The van der Waals surface area contributed by atoms with Gasteiger partial charge in [-0.1, -0.05) is 6.08 Å². The first-order valence-corrected chi connectivity index (χ1v) is 4.44. The number of allylic oxidation sites excluding steroid dienone is 3. The minimum absolute atomic E-state index is 0.642. The molecule has 1 aromatic rings. The molecule has 3 rings (SSSR count). The number of hydrogen-bond acceptors (Lipinski definition) is 2. The lowest BCUT2D eigenvalue weighted by Gasteiger charge is -2.05. The molecule has 2 heterocycles. The summed E-state index contributed by atoms with van der Waals surface area (Å²) in [5.41, 5.74) is 2.72. The minimum atomic E-state index is 0.642. The molecule has 3 heteroatoms. The summed E-state index contributed by atoms with van der Waals surface area (Å²) in [6, 6.07) is 2.17. The number of imidazole rings is 1. The maximum absolute atomic E-state index is 8.80. The van der Waals surface area contributed by atoms with Gasteiger partial charge in [-0.15, -0.1) is 0 Å². The largest absolute Gasteiger partial charge is 0.319 e. The molecule has 14 heavy (non-hydrogen) atoms. The molecule has 0 fully saturated rings. The highest BCUT2D eigenvalue weighted by molar-refractivity contribution is 5.63. The maximum Gasteiger partial charge on any atom is 0.134 e. The first-order valence-electron chi connectivity index (χ1n) is 4.44. The second-order valence-corrected chi connectivity index (χ2v) is 3.32. The average molecular weight is 181 g/mol. The molecule has 0 spiro atoms. The van der Waals surface area contributed by atoms with Gasteiger partial charge in [0.05, 0.1) is 23.7 Å². The van der Waals surface area contributed by atoms with Gasteiger partial charge in [-0.2, -0.15) is 5.26 Å². The topological polar surface area (TPSA) is 41.6 Å². The van der Waals surface area contributed by atoms with E-state index in [4.69, 9.17) is 5.26 Å². The van der Waals surface area contributed by atoms with Crippen LogP contribution < -0.4 is 10.8 Å². The van der Waals surface area contributed by atoms with Crippen LogP contribution in [-0.4, -0.2) is 9.55 Å². The molecule has 0 bridgehead atoms. The minimum Gasteiger partial charge on any atom is -0.319 e. The van der Waals surface area contributed by atoms with Crippen molar-refractivity contribution in [2.45, 2.75) is 6.54 Å². The third kappa shape index (κ3) is 0.826. The summed E-state index contributed by atoms with van der Waals surface area (Å²) < 4.78 is 2.06. The fourth-order valence-electron chi connectivity index (χ4n) is 1.80. The third-order valence-electron chi connectivity index (χ3n) is 2.48. The second-order valence-electron chi connectivity index (χ2n) is 3.32. The van der Waals surface area contributed by atoms with E-state index in [2.05, 4.69) is 15.6 Å². The van der Waals surface area contributed by atoms with E-state index in [0.717, 1.165) is 22.1 Å². The van der Waals surface area contributed by atoms with Crippen LogP contribution in [-0.2, 0) is 6.54 Å². The summed E-state index contributed by atoms with van der Waals surface area (Å²) in [6.45, 7) is 0.642. The molecule has 2 aliphatic rings. The van der Waals surface area contributed by atoms with Crippen molar-refractivity contribution in [2.24, 2.45) is 0 Å². The van der Waals surface area contributed by atoms with Gasteiger partial charge in [-0.05, 0) is 24.3 Å². The quantitative estimate of drug-likeness (QED) is 0.562. The first kappa shape index (κ1) is 7.34. The Kier molecular flexibility index (Phi) is 1.29. The normalized spacial score (nSPS) is 16.1. The molecule has 0 radical (unpaired) electrons. The molecule has 1 aliphatic carbocycles. The third-order valence-corrected chi connectivity index (χ3v) is 2.48. The molecular weight excluding hydrogens is 174 g/mol. The zero-order valence-corrected chi connectivity index (χ0v) is 7.44. The number of nitrogens with zero attached hydrogens (tertiary/aromatic N) is 3. The molecule has 0 saturated heterocycles. The Morgan fingerprint density at radius 3 is 3.14 bits per heavy atom. The number of rotatable bonds is 0. The predicted octanol–water partition coefficient (Wildman–Crippen LogP) is -0.0655. The van der Waals surface area contributed by atoms with E-state index in [1.54, 1.807) is 0 Å². The molecule has 0 unspecified atom stereocenters. The average Bonchev–Trinajstić information content (AvgIpc) is 2.76. The van der Waals surface area contributed by atoms with Gasteiger partial charge >= 0.3 is 0 Å². The maximum atomic E-state index is 8.80. The van der Waals surface area contributed by atoms with Gasteiger partial charge in [0.25, 0.3) is 0 Å². The number of nitriles is 1. The Hall–Kier alpha value is -2.08. The van der Waals surface area contributed by atoms with Crippen molar-refractivity contribution in [1.82, 2.24) is 9.55 Å². The van der Waals surface area contributed by atoms with Gasteiger partial charge in [0.15, 0.2) is 0 Å². The predicted molar refractivity (Wildman–Crippen MR) is 53.1 cm³/mol. The van der Waals surface area contributed by atoms with E-state index in [9.17, 15) is 0 Å². The Morgan fingerprint density at radius 1 is 1.36 bits per heavy atom. The first-order chi connectivity index (χ1) is 6.88. The zero-order valence-electron chi connectivity index (χ0n) is 7.44. The van der Waals surface area contributed by atoms with Crippen LogP contribution in [0.1, 0.15) is 5.69 Å². The van der Waals surface area contributed by atoms with E-state index in [-0.39, 0.29) is 0 Å². The number of aromatic nitrogens is 2. The van der Waals surface area contributed by atoms with Crippen molar-refractivity contribution in [2.75, 3.05) is 0 Å². The Labute approximate surface area is 80.6 Å². The highest BCUT2D eigenvalue weighted by Gasteiger charge is 2.11. The fourth-order valence-corrected chi connectivity index (χ4v) is 1.80. The van der Waals surface area contributed by atoms with Crippen molar-refractivity contribution >= 4 is 18.2 Å². The summed E-state index contributed by atoms with van der Waals surface area (Å²) in [4.78, 5) is 4.44. The number of hydrogen-bond donors (Lipinski definition) is 0. The van der Waals surface area contributed by atoms with Gasteiger partial charge in [0.2, 0.25) is 0 Å². The summed E-state index contributed by atoms with van der Waals surface area (Å²) in [7, 11) is 0. The van der Waals surface area contributed by atoms with Gasteiger partial charge in [0, 0.05) is 5.57 Å². The molecule has 0 saturated carbocycles. The van der Waals surface area contributed by atoms with Crippen molar-refractivity contribution in [3.05, 3.63) is 34.2 Å². The Balaban J connectivity index is 2.30. The molecular formula is C11H7N3. The van der Waals surface area contributed by atoms with E-state index in [0.29, 0.717) is 6.54 Å². The molecule has 1 aliphatic heterocycles. The summed E-state index contributed by atoms with van der Waals surface area (Å²) >= 11 is 0. The van der Waals surface area contributed by atoms with E-state index >= 15 is 0 Å². The SMILES string of the molecule is N#CC1=CC=c2nc3c(n2C1)=CC=C3. The lowest BCUT2D eigenvalue weighted by atomic mass is 10.2. The molecule has 0 aromatic carbocycles. The summed E-state index contributed by atoms with van der Waals surface area (Å²) in [6.07, 6.45) is 9.72. The highest BCUT2D eigenvalue weighted by Crippen LogP contribution is 2.03. The van der Waals surface area contributed by atoms with Crippen molar-refractivity contribution in [1.29, 1.82) is 5.26 Å². The highest BCUT2D eigenvalue weighted by atomic mass is 15.1. The summed E-state index contributed by atoms with van der Waals surface area (Å²) in [5.74, 6) is 0. The lowest BCUT2D eigenvalue weighted by Crippen LogP contribution is -2.29. The van der Waals surface area contributed by atoms with Crippen molar-refractivity contribution < 1.29 is 0 Å². The molecule has 1 aromatic heterocycles. The van der Waals surface area contributed by atoms with Crippen molar-refractivity contribution in [3.63, 3.8) is 0 Å². The smallest absolute Gasteiger partial charge is 0.134 e. The Morgan fingerprint density at radius 2 is 2.29 bits per heavy atom. The van der Waals surface area contributed by atoms with E-state index < -0.39 is 0 Å². The molecule has 3 nitrogen and oxygen atoms in total. The fraction of sp³-hybridized carbons (Fsp3) is 0.0909. The molecule has 0 amide bonds.